The van der Waals surface area contributed by atoms with Gasteiger partial charge in [0.1, 0.15) is 11.1 Å². The number of aliphatic carboxylic acids is 2. The molecule has 1 rings (SSSR count). The Morgan fingerprint density at radius 2 is 1.52 bits per heavy atom. The topological polar surface area (TPSA) is 147 Å². The Hall–Kier alpha value is 0.400. The Kier molecular flexibility index (Phi) is 15.6. The Balaban J connectivity index is -0.00000133. The molecule has 1 aromatic heterocycles. The Morgan fingerprint density at radius 1 is 1.09 bits per heavy atom. The van der Waals surface area contributed by atoms with Gasteiger partial charge in [-0.1, -0.05) is 0 Å². The Labute approximate surface area is 202 Å². The average Bonchev–Trinajstić information content (AvgIpc) is 2.64. The molecule has 1 aromatic rings. The predicted molar refractivity (Wildman–Crippen MR) is 60.3 cm³/mol. The fraction of sp³-hybridized carbons (Fsp3) is 0.273. The molecule has 23 heavy (non-hydrogen) atoms. The number of rotatable bonds is 6. The zero-order valence-corrected chi connectivity index (χ0v) is 20.0. The van der Waals surface area contributed by atoms with Gasteiger partial charge in [0.15, 0.2) is 0 Å². The largest absolute Gasteiger partial charge is 1.00 e. The summed E-state index contributed by atoms with van der Waals surface area (Å²) in [6.07, 6.45) is 0. The van der Waals surface area contributed by atoms with Crippen molar-refractivity contribution in [1.29, 1.82) is 5.26 Å². The standard InChI is InChI=1S/C11H10N2O6S.3Na/c1-5-6(2-12)10(20-9(5)11(18)19)13(3-7(14)15)4-8(16)17;;;/h3-4H2,1H3,(H,14,15)(H,16,17)(H,18,19);;;/q;3*+1/p-3. The number of carboxylic acid groups (broad SMARTS) is 3. The van der Waals surface area contributed by atoms with Gasteiger partial charge in [-0.3, -0.25) is 0 Å². The summed E-state index contributed by atoms with van der Waals surface area (Å²) in [5, 5.41) is 41.0. The van der Waals surface area contributed by atoms with E-state index in [9.17, 15) is 29.7 Å². The van der Waals surface area contributed by atoms with Crippen LogP contribution in [0.5, 0.6) is 0 Å². The summed E-state index contributed by atoms with van der Waals surface area (Å²) in [5.41, 5.74) is -0.0223. The van der Waals surface area contributed by atoms with Gasteiger partial charge in [0.2, 0.25) is 0 Å². The summed E-state index contributed by atoms with van der Waals surface area (Å²) in [6, 6.07) is 1.72. The van der Waals surface area contributed by atoms with E-state index < -0.39 is 31.0 Å². The molecule has 0 aliphatic heterocycles. The third-order valence-corrected chi connectivity index (χ3v) is 3.69. The molecule has 0 radical (unpaired) electrons. The van der Waals surface area contributed by atoms with E-state index in [2.05, 4.69) is 0 Å². The third-order valence-electron chi connectivity index (χ3n) is 2.35. The van der Waals surface area contributed by atoms with Crippen molar-refractivity contribution in [3.05, 3.63) is 16.0 Å². The normalized spacial score (nSPS) is 8.52. The van der Waals surface area contributed by atoms with Crippen molar-refractivity contribution < 1.29 is 118 Å². The monoisotopic (exact) mass is 364 g/mol. The van der Waals surface area contributed by atoms with Crippen molar-refractivity contribution >= 4 is 34.2 Å². The maximum Gasteiger partial charge on any atom is 1.00 e. The molecule has 0 aromatic carbocycles. The van der Waals surface area contributed by atoms with Gasteiger partial charge in [-0.05, 0) is 12.5 Å². The first-order chi connectivity index (χ1) is 9.27. The minimum atomic E-state index is -1.57. The zero-order valence-electron chi connectivity index (χ0n) is 13.2. The molecule has 0 aliphatic rings. The van der Waals surface area contributed by atoms with Crippen LogP contribution in [0.1, 0.15) is 20.8 Å². The van der Waals surface area contributed by atoms with Gasteiger partial charge in [0.05, 0.1) is 41.4 Å². The molecule has 0 unspecified atom stereocenters. The molecule has 0 saturated heterocycles. The van der Waals surface area contributed by atoms with Gasteiger partial charge in [0.25, 0.3) is 0 Å². The number of hydrogen-bond acceptors (Lipinski definition) is 9. The number of thiophene rings is 1. The van der Waals surface area contributed by atoms with Crippen molar-refractivity contribution in [1.82, 2.24) is 0 Å². The van der Waals surface area contributed by atoms with Crippen LogP contribution in [0.2, 0.25) is 0 Å². The number of carbonyl (C=O) groups is 3. The van der Waals surface area contributed by atoms with Crippen molar-refractivity contribution in [2.24, 2.45) is 0 Å². The van der Waals surface area contributed by atoms with Crippen molar-refractivity contribution in [3.63, 3.8) is 0 Å². The first kappa shape index (κ1) is 28.2. The predicted octanol–water partition coefficient (Wildman–Crippen LogP) is -12.4. The maximum atomic E-state index is 10.9. The third kappa shape index (κ3) is 7.88. The summed E-state index contributed by atoms with van der Waals surface area (Å²) in [4.78, 5) is 32.7. The van der Waals surface area contributed by atoms with Gasteiger partial charge in [-0.25, -0.2) is 0 Å². The molecule has 0 fully saturated rings. The molecule has 0 amide bonds. The number of nitrogens with zero attached hydrogens (tertiary/aromatic N) is 2. The van der Waals surface area contributed by atoms with E-state index in [0.29, 0.717) is 11.3 Å². The van der Waals surface area contributed by atoms with Crippen LogP contribution in [-0.4, -0.2) is 31.0 Å². The van der Waals surface area contributed by atoms with Crippen LogP contribution in [0, 0.1) is 18.3 Å². The quantitative estimate of drug-likeness (QED) is 0.452. The van der Waals surface area contributed by atoms with Gasteiger partial charge >= 0.3 is 88.7 Å². The van der Waals surface area contributed by atoms with E-state index >= 15 is 0 Å². The van der Waals surface area contributed by atoms with Crippen LogP contribution in [0.3, 0.4) is 0 Å². The SMILES string of the molecule is Cc1c(C(=O)[O-])sc(N(CC(=O)[O-])CC(=O)[O-])c1C#N.[Na+].[Na+].[Na+]. The molecule has 1 heterocycles. The Bertz CT molecular complexity index is 612. The van der Waals surface area contributed by atoms with E-state index in [-0.39, 0.29) is 110 Å². The second-order valence-corrected chi connectivity index (χ2v) is 4.73. The second kappa shape index (κ2) is 12.7. The maximum absolute atomic E-state index is 10.9. The average molecular weight is 364 g/mol. The molecule has 0 aliphatic carbocycles. The van der Waals surface area contributed by atoms with Gasteiger partial charge < -0.3 is 34.6 Å². The van der Waals surface area contributed by atoms with Crippen LogP contribution in [0.25, 0.3) is 0 Å². The summed E-state index contributed by atoms with van der Waals surface area (Å²) in [6.45, 7) is -0.274. The number of anilines is 1. The van der Waals surface area contributed by atoms with Crippen molar-refractivity contribution in [3.8, 4) is 6.07 Å². The fourth-order valence-corrected chi connectivity index (χ4v) is 2.65. The molecule has 8 nitrogen and oxygen atoms in total. The molecular weight excluding hydrogens is 357 g/mol. The molecule has 0 atom stereocenters. The Morgan fingerprint density at radius 3 is 1.83 bits per heavy atom. The van der Waals surface area contributed by atoms with Crippen LogP contribution >= 0.6 is 11.3 Å². The molecule has 0 saturated carbocycles. The van der Waals surface area contributed by atoms with E-state index in [4.69, 9.17) is 5.26 Å². The molecule has 12 heteroatoms. The number of aromatic carboxylic acids is 1. The number of hydrogen-bond donors (Lipinski definition) is 0. The summed E-state index contributed by atoms with van der Waals surface area (Å²) < 4.78 is 0. The van der Waals surface area contributed by atoms with Crippen molar-refractivity contribution in [2.45, 2.75) is 6.92 Å². The summed E-state index contributed by atoms with van der Waals surface area (Å²) in [5.74, 6) is -4.68. The van der Waals surface area contributed by atoms with Gasteiger partial charge in [-0.2, -0.15) is 5.26 Å². The zero-order chi connectivity index (χ0) is 15.4. The molecule has 106 valence electrons. The molecule has 0 N–H and O–H groups in total. The minimum absolute atomic E-state index is 0. The first-order valence-electron chi connectivity index (χ1n) is 5.17. The molecule has 0 spiro atoms. The number of carboxylic acids is 3. The van der Waals surface area contributed by atoms with Crippen LogP contribution in [0.15, 0.2) is 0 Å². The van der Waals surface area contributed by atoms with Crippen LogP contribution in [-0.2, 0) is 9.59 Å². The van der Waals surface area contributed by atoms with E-state index in [1.807, 2.05) is 0 Å². The summed E-state index contributed by atoms with van der Waals surface area (Å²) >= 11 is 0.570. The van der Waals surface area contributed by atoms with Gasteiger partial charge in [-0.15, -0.1) is 11.3 Å². The smallest absolute Gasteiger partial charge is 0.548 e. The van der Waals surface area contributed by atoms with Crippen LogP contribution < -0.4 is 109 Å². The first-order valence-corrected chi connectivity index (χ1v) is 5.99. The fourth-order valence-electron chi connectivity index (χ4n) is 1.56. The minimum Gasteiger partial charge on any atom is -0.548 e. The number of carbonyl (C=O) groups excluding carboxylic acids is 3. The summed E-state index contributed by atoms with van der Waals surface area (Å²) in [7, 11) is 0. The number of nitriles is 1. The molecular formula is C11H7N2Na3O6S. The van der Waals surface area contributed by atoms with Gasteiger partial charge in [0, 0.05) is 0 Å². The van der Waals surface area contributed by atoms with E-state index in [1.54, 1.807) is 6.07 Å². The second-order valence-electron chi connectivity index (χ2n) is 3.74. The van der Waals surface area contributed by atoms with Crippen molar-refractivity contribution in [2.75, 3.05) is 18.0 Å². The van der Waals surface area contributed by atoms with Crippen LogP contribution in [0.4, 0.5) is 5.00 Å². The molecule has 0 bridgehead atoms. The van der Waals surface area contributed by atoms with E-state index in [1.165, 1.54) is 6.92 Å². The van der Waals surface area contributed by atoms with E-state index in [0.717, 1.165) is 4.90 Å².